The Morgan fingerprint density at radius 3 is 2.64 bits per heavy atom. The summed E-state index contributed by atoms with van der Waals surface area (Å²) in [5.41, 5.74) is 3.91. The van der Waals surface area contributed by atoms with Crippen molar-refractivity contribution in [2.75, 3.05) is 5.32 Å². The Kier molecular flexibility index (Phi) is 3.77. The third-order valence-corrected chi connectivity index (χ3v) is 6.17. The van der Waals surface area contributed by atoms with Crippen LogP contribution in [0.3, 0.4) is 0 Å². The first-order valence-corrected chi connectivity index (χ1v) is 9.48. The molecule has 0 atom stereocenters. The Morgan fingerprint density at radius 1 is 1.04 bits per heavy atom. The number of hydrogen-bond donors (Lipinski definition) is 1. The molecule has 1 N–H and O–H groups in total. The largest absolute Gasteiger partial charge is 0.297 e. The highest BCUT2D eigenvalue weighted by molar-refractivity contribution is 7.23. The van der Waals surface area contributed by atoms with E-state index in [2.05, 4.69) is 26.3 Å². The summed E-state index contributed by atoms with van der Waals surface area (Å²) < 4.78 is 1.07. The Balaban J connectivity index is 1.71. The maximum absolute atomic E-state index is 12.8. The first-order chi connectivity index (χ1) is 11.9. The van der Waals surface area contributed by atoms with Gasteiger partial charge in [-0.05, 0) is 51.0 Å². The number of aryl methyl sites for hydroxylation is 4. The van der Waals surface area contributed by atoms with E-state index in [1.807, 2.05) is 39.8 Å². The van der Waals surface area contributed by atoms with Crippen LogP contribution >= 0.6 is 22.7 Å². The van der Waals surface area contributed by atoms with E-state index < -0.39 is 0 Å². The Morgan fingerprint density at radius 2 is 1.84 bits per heavy atom. The molecule has 0 aliphatic heterocycles. The van der Waals surface area contributed by atoms with Gasteiger partial charge in [-0.1, -0.05) is 17.4 Å². The van der Waals surface area contributed by atoms with Crippen molar-refractivity contribution in [2.24, 2.45) is 0 Å². The standard InChI is InChI=1S/C18H16N4OS2/c1-8-5-6-12-13(7-8)24-18(21-12)22-16(23)15-9(2)14-10(3)19-11(4)20-17(14)25-15/h5-7H,1-4H3,(H,21,22,23). The number of benzene rings is 1. The average Bonchev–Trinajstić information content (AvgIpc) is 3.07. The molecule has 4 rings (SSSR count). The lowest BCUT2D eigenvalue weighted by molar-refractivity contribution is 0.103. The summed E-state index contributed by atoms with van der Waals surface area (Å²) in [5, 5.41) is 4.52. The minimum Gasteiger partial charge on any atom is -0.297 e. The zero-order valence-electron chi connectivity index (χ0n) is 14.3. The number of anilines is 1. The summed E-state index contributed by atoms with van der Waals surface area (Å²) >= 11 is 2.89. The summed E-state index contributed by atoms with van der Waals surface area (Å²) in [5.74, 6) is 0.577. The van der Waals surface area contributed by atoms with Crippen LogP contribution in [0.2, 0.25) is 0 Å². The van der Waals surface area contributed by atoms with E-state index in [1.54, 1.807) is 0 Å². The molecule has 0 aliphatic carbocycles. The van der Waals surface area contributed by atoms with E-state index in [0.717, 1.165) is 37.5 Å². The molecule has 5 nitrogen and oxygen atoms in total. The van der Waals surface area contributed by atoms with Crippen molar-refractivity contribution < 1.29 is 4.79 Å². The molecule has 7 heteroatoms. The predicted molar refractivity (Wildman–Crippen MR) is 104 cm³/mol. The molecule has 0 unspecified atom stereocenters. The monoisotopic (exact) mass is 368 g/mol. The highest BCUT2D eigenvalue weighted by atomic mass is 32.1. The highest BCUT2D eigenvalue weighted by Gasteiger charge is 2.19. The van der Waals surface area contributed by atoms with Gasteiger partial charge >= 0.3 is 0 Å². The molecule has 0 spiro atoms. The number of thiophene rings is 1. The van der Waals surface area contributed by atoms with E-state index in [-0.39, 0.29) is 5.91 Å². The van der Waals surface area contributed by atoms with Crippen LogP contribution in [0.4, 0.5) is 5.13 Å². The molecule has 25 heavy (non-hydrogen) atoms. The fourth-order valence-corrected chi connectivity index (χ4v) is 5.06. The molecule has 0 saturated carbocycles. The molecule has 3 aromatic heterocycles. The number of fused-ring (bicyclic) bond motifs is 2. The predicted octanol–water partition coefficient (Wildman–Crippen LogP) is 4.79. The van der Waals surface area contributed by atoms with E-state index in [4.69, 9.17) is 0 Å². The van der Waals surface area contributed by atoms with Crippen LogP contribution in [-0.4, -0.2) is 20.9 Å². The van der Waals surface area contributed by atoms with Gasteiger partial charge in [-0.15, -0.1) is 11.3 Å². The van der Waals surface area contributed by atoms with Gasteiger partial charge < -0.3 is 0 Å². The van der Waals surface area contributed by atoms with Gasteiger partial charge in [0.2, 0.25) is 0 Å². The maximum atomic E-state index is 12.8. The summed E-state index contributed by atoms with van der Waals surface area (Å²) in [7, 11) is 0. The van der Waals surface area contributed by atoms with E-state index in [9.17, 15) is 4.79 Å². The molecule has 4 aromatic rings. The fourth-order valence-electron chi connectivity index (χ4n) is 2.93. The third kappa shape index (κ3) is 2.79. The lowest BCUT2D eigenvalue weighted by Gasteiger charge is -2.00. The second-order valence-corrected chi connectivity index (χ2v) is 8.07. The molecule has 3 heterocycles. The van der Waals surface area contributed by atoms with E-state index >= 15 is 0 Å². The van der Waals surface area contributed by atoms with Gasteiger partial charge in [-0.25, -0.2) is 15.0 Å². The molecule has 1 amide bonds. The van der Waals surface area contributed by atoms with Crippen molar-refractivity contribution >= 4 is 54.1 Å². The Hall–Kier alpha value is -2.38. The number of hydrogen-bond acceptors (Lipinski definition) is 6. The number of nitrogens with one attached hydrogen (secondary N) is 1. The second kappa shape index (κ2) is 5.86. The van der Waals surface area contributed by atoms with Crippen LogP contribution in [0.1, 0.15) is 32.3 Å². The normalized spacial score (nSPS) is 11.4. The summed E-state index contributed by atoms with van der Waals surface area (Å²) in [4.78, 5) is 27.7. The van der Waals surface area contributed by atoms with Crippen LogP contribution in [0.15, 0.2) is 18.2 Å². The van der Waals surface area contributed by atoms with Gasteiger partial charge in [0, 0.05) is 11.1 Å². The number of rotatable bonds is 2. The number of carbonyl (C=O) groups excluding carboxylic acids is 1. The van der Waals surface area contributed by atoms with Crippen LogP contribution in [0.25, 0.3) is 20.4 Å². The van der Waals surface area contributed by atoms with Gasteiger partial charge in [-0.2, -0.15) is 0 Å². The molecule has 0 bridgehead atoms. The molecule has 126 valence electrons. The SMILES string of the molecule is Cc1ccc2nc(NC(=O)c3sc4nc(C)nc(C)c4c3C)sc2c1. The lowest BCUT2D eigenvalue weighted by Crippen LogP contribution is -2.11. The molecular formula is C18H16N4OS2. The summed E-state index contributed by atoms with van der Waals surface area (Å²) in [6.45, 7) is 7.81. The average molecular weight is 368 g/mol. The van der Waals surface area contributed by atoms with Gasteiger partial charge in [0.15, 0.2) is 5.13 Å². The molecular weight excluding hydrogens is 352 g/mol. The number of aromatic nitrogens is 3. The number of thiazole rings is 1. The van der Waals surface area contributed by atoms with Gasteiger partial charge in [0.25, 0.3) is 5.91 Å². The van der Waals surface area contributed by atoms with Crippen molar-refractivity contribution in [3.63, 3.8) is 0 Å². The molecule has 0 radical (unpaired) electrons. The summed E-state index contributed by atoms with van der Waals surface area (Å²) in [6.07, 6.45) is 0. The van der Waals surface area contributed by atoms with Crippen molar-refractivity contribution in [3.8, 4) is 0 Å². The van der Waals surface area contributed by atoms with Crippen LogP contribution in [0, 0.1) is 27.7 Å². The van der Waals surface area contributed by atoms with Crippen LogP contribution in [-0.2, 0) is 0 Å². The minimum atomic E-state index is -0.145. The molecule has 0 saturated heterocycles. The number of nitrogens with zero attached hydrogens (tertiary/aromatic N) is 3. The van der Waals surface area contributed by atoms with Crippen molar-refractivity contribution in [2.45, 2.75) is 27.7 Å². The number of carbonyl (C=O) groups is 1. The van der Waals surface area contributed by atoms with E-state index in [1.165, 1.54) is 28.2 Å². The zero-order valence-corrected chi connectivity index (χ0v) is 15.9. The topological polar surface area (TPSA) is 67.8 Å². The highest BCUT2D eigenvalue weighted by Crippen LogP contribution is 2.33. The molecule has 1 aromatic carbocycles. The zero-order chi connectivity index (χ0) is 17.7. The first kappa shape index (κ1) is 16.1. The maximum Gasteiger partial charge on any atom is 0.267 e. The smallest absolute Gasteiger partial charge is 0.267 e. The van der Waals surface area contributed by atoms with Gasteiger partial charge in [0.05, 0.1) is 15.1 Å². The number of amides is 1. The quantitative estimate of drug-likeness (QED) is 0.552. The van der Waals surface area contributed by atoms with Gasteiger partial charge in [-0.3, -0.25) is 10.1 Å². The molecule has 0 fully saturated rings. The minimum absolute atomic E-state index is 0.145. The third-order valence-electron chi connectivity index (χ3n) is 4.05. The van der Waals surface area contributed by atoms with Crippen molar-refractivity contribution in [1.82, 2.24) is 15.0 Å². The van der Waals surface area contributed by atoms with Crippen LogP contribution < -0.4 is 5.32 Å². The fraction of sp³-hybridized carbons (Fsp3) is 0.222. The van der Waals surface area contributed by atoms with Crippen LogP contribution in [0.5, 0.6) is 0 Å². The van der Waals surface area contributed by atoms with E-state index in [0.29, 0.717) is 10.0 Å². The van der Waals surface area contributed by atoms with Gasteiger partial charge in [0.1, 0.15) is 10.7 Å². The summed E-state index contributed by atoms with van der Waals surface area (Å²) in [6, 6.07) is 6.08. The van der Waals surface area contributed by atoms with Crippen molar-refractivity contribution in [1.29, 1.82) is 0 Å². The lowest BCUT2D eigenvalue weighted by atomic mass is 10.1. The second-order valence-electron chi connectivity index (χ2n) is 6.04. The first-order valence-electron chi connectivity index (χ1n) is 7.85. The molecule has 0 aliphatic rings. The Labute approximate surface area is 152 Å². The van der Waals surface area contributed by atoms with Crippen molar-refractivity contribution in [3.05, 3.63) is 45.7 Å². The Bertz CT molecular complexity index is 1140.